The molecule has 0 saturated heterocycles. The molecule has 0 aliphatic rings. The topological polar surface area (TPSA) is 61.8 Å². The van der Waals surface area contributed by atoms with E-state index in [4.69, 9.17) is 11.6 Å². The number of carbonyl (C=O) groups excluding carboxylic acids is 1. The lowest BCUT2D eigenvalue weighted by molar-refractivity contribution is 0.216. The van der Waals surface area contributed by atoms with Gasteiger partial charge in [0.1, 0.15) is 0 Å². The van der Waals surface area contributed by atoms with E-state index < -0.39 is 6.03 Å². The minimum Gasteiger partial charge on any atom is -0.305 e. The quantitative estimate of drug-likeness (QED) is 0.391. The second-order valence-electron chi connectivity index (χ2n) is 2.80. The van der Waals surface area contributed by atoms with Crippen LogP contribution in [0.15, 0.2) is 29.6 Å². The molecule has 5 nitrogen and oxygen atoms in total. The van der Waals surface area contributed by atoms with Crippen LogP contribution in [0.1, 0.15) is 0 Å². The molecule has 0 spiro atoms. The van der Waals surface area contributed by atoms with Crippen LogP contribution >= 0.6 is 34.2 Å². The highest BCUT2D eigenvalue weighted by atomic mass is 127. The van der Waals surface area contributed by atoms with Crippen LogP contribution in [0.5, 0.6) is 0 Å². The summed E-state index contributed by atoms with van der Waals surface area (Å²) in [5.74, 6) is 0.158. The summed E-state index contributed by atoms with van der Waals surface area (Å²) >= 11 is 7.51. The number of hydrogen-bond donors (Lipinski definition) is 1. The average Bonchev–Trinajstić information content (AvgIpc) is 2.29. The standard InChI is InChI=1S/C9H9ClIN3O2/c10-5-6-14(13-16)9(15)12-8-4-2-1-3-7(8)11/h1-4H,5-6H2,(H,12,15). The van der Waals surface area contributed by atoms with Gasteiger partial charge in [-0.25, -0.2) is 4.79 Å². The molecule has 7 heteroatoms. The van der Waals surface area contributed by atoms with Gasteiger partial charge in [-0.05, 0) is 34.7 Å². The van der Waals surface area contributed by atoms with Crippen LogP contribution in [0.25, 0.3) is 0 Å². The highest BCUT2D eigenvalue weighted by Crippen LogP contribution is 2.17. The van der Waals surface area contributed by atoms with Crippen LogP contribution in [0, 0.1) is 8.48 Å². The van der Waals surface area contributed by atoms with E-state index in [2.05, 4.69) is 33.2 Å². The third-order valence-corrected chi connectivity index (χ3v) is 2.85. The van der Waals surface area contributed by atoms with Gasteiger partial charge in [0, 0.05) is 9.45 Å². The summed E-state index contributed by atoms with van der Waals surface area (Å²) in [5, 5.41) is 5.91. The van der Waals surface area contributed by atoms with Crippen molar-refractivity contribution in [3.63, 3.8) is 0 Å². The summed E-state index contributed by atoms with van der Waals surface area (Å²) < 4.78 is 0.880. The molecule has 0 bridgehead atoms. The largest absolute Gasteiger partial charge is 0.344 e. The van der Waals surface area contributed by atoms with E-state index in [0.29, 0.717) is 5.69 Å². The number of rotatable bonds is 4. The van der Waals surface area contributed by atoms with E-state index in [1.54, 1.807) is 12.1 Å². The van der Waals surface area contributed by atoms with Crippen molar-refractivity contribution in [3.8, 4) is 0 Å². The van der Waals surface area contributed by atoms with Crippen LogP contribution in [0.4, 0.5) is 10.5 Å². The van der Waals surface area contributed by atoms with E-state index >= 15 is 0 Å². The maximum Gasteiger partial charge on any atom is 0.344 e. The number of nitrogens with zero attached hydrogens (tertiary/aromatic N) is 2. The number of carbonyl (C=O) groups is 1. The number of benzene rings is 1. The molecule has 0 atom stereocenters. The molecule has 1 aromatic carbocycles. The number of halogens is 2. The van der Waals surface area contributed by atoms with Gasteiger partial charge in [-0.3, -0.25) is 0 Å². The minimum absolute atomic E-state index is 0.0836. The van der Waals surface area contributed by atoms with Crippen LogP contribution in [-0.4, -0.2) is 23.5 Å². The predicted octanol–water partition coefficient (Wildman–Crippen LogP) is 3.05. The fourth-order valence-corrected chi connectivity index (χ4v) is 1.68. The van der Waals surface area contributed by atoms with Crippen LogP contribution in [-0.2, 0) is 0 Å². The first-order valence-electron chi connectivity index (χ1n) is 4.41. The number of amides is 2. The van der Waals surface area contributed by atoms with Crippen molar-refractivity contribution in [3.05, 3.63) is 32.7 Å². The lowest BCUT2D eigenvalue weighted by Crippen LogP contribution is -2.31. The molecule has 0 radical (unpaired) electrons. The molecule has 1 rings (SSSR count). The number of para-hydroxylation sites is 1. The Kier molecular flexibility index (Phi) is 5.47. The summed E-state index contributed by atoms with van der Waals surface area (Å²) in [5.41, 5.74) is 0.635. The second kappa shape index (κ2) is 6.64. The zero-order chi connectivity index (χ0) is 12.0. The Morgan fingerprint density at radius 3 is 2.75 bits per heavy atom. The summed E-state index contributed by atoms with van der Waals surface area (Å²) in [7, 11) is 0. The van der Waals surface area contributed by atoms with Crippen molar-refractivity contribution >= 4 is 45.9 Å². The number of nitrogens with one attached hydrogen (secondary N) is 1. The van der Waals surface area contributed by atoms with Crippen molar-refractivity contribution in [2.75, 3.05) is 17.7 Å². The molecule has 0 aromatic heterocycles. The lowest BCUT2D eigenvalue weighted by Gasteiger charge is -2.13. The molecule has 0 aliphatic carbocycles. The first-order chi connectivity index (χ1) is 7.69. The van der Waals surface area contributed by atoms with Crippen molar-refractivity contribution in [1.29, 1.82) is 0 Å². The summed E-state index contributed by atoms with van der Waals surface area (Å²) in [6.07, 6.45) is 0. The Morgan fingerprint density at radius 1 is 1.50 bits per heavy atom. The molecule has 1 aromatic rings. The van der Waals surface area contributed by atoms with Gasteiger partial charge in [-0.15, -0.1) is 16.5 Å². The number of nitroso groups, excluding NO2 is 1. The number of hydrogen-bond acceptors (Lipinski definition) is 3. The Balaban J connectivity index is 2.70. The maximum absolute atomic E-state index is 11.5. The lowest BCUT2D eigenvalue weighted by atomic mass is 10.3. The highest BCUT2D eigenvalue weighted by Gasteiger charge is 2.14. The van der Waals surface area contributed by atoms with Gasteiger partial charge in [0.25, 0.3) is 0 Å². The fraction of sp³-hybridized carbons (Fsp3) is 0.222. The molecule has 1 N–H and O–H groups in total. The van der Waals surface area contributed by atoms with Crippen molar-refractivity contribution in [2.24, 2.45) is 5.29 Å². The van der Waals surface area contributed by atoms with E-state index in [1.165, 1.54) is 0 Å². The van der Waals surface area contributed by atoms with Gasteiger partial charge >= 0.3 is 6.03 Å². The fourth-order valence-electron chi connectivity index (χ4n) is 1.00. The Bertz CT molecular complexity index is 389. The van der Waals surface area contributed by atoms with Crippen LogP contribution in [0.3, 0.4) is 0 Å². The molecule has 0 saturated carbocycles. The Hall–Kier alpha value is -0.890. The first kappa shape index (κ1) is 13.2. The third kappa shape index (κ3) is 3.60. The first-order valence-corrected chi connectivity index (χ1v) is 6.02. The summed E-state index contributed by atoms with van der Waals surface area (Å²) in [6, 6.07) is 6.64. The monoisotopic (exact) mass is 353 g/mol. The molecular formula is C9H9ClIN3O2. The smallest absolute Gasteiger partial charge is 0.305 e. The van der Waals surface area contributed by atoms with Crippen molar-refractivity contribution in [1.82, 2.24) is 5.01 Å². The minimum atomic E-state index is -0.584. The van der Waals surface area contributed by atoms with E-state index in [-0.39, 0.29) is 12.4 Å². The predicted molar refractivity (Wildman–Crippen MR) is 71.4 cm³/mol. The van der Waals surface area contributed by atoms with Crippen LogP contribution < -0.4 is 5.32 Å². The molecule has 16 heavy (non-hydrogen) atoms. The molecular weight excluding hydrogens is 344 g/mol. The molecule has 0 aliphatic heterocycles. The van der Waals surface area contributed by atoms with Gasteiger partial charge in [0.05, 0.1) is 17.5 Å². The van der Waals surface area contributed by atoms with Gasteiger partial charge in [0.2, 0.25) is 0 Å². The normalized spacial score (nSPS) is 9.62. The third-order valence-electron chi connectivity index (χ3n) is 1.74. The second-order valence-corrected chi connectivity index (χ2v) is 4.34. The molecule has 2 amide bonds. The zero-order valence-corrected chi connectivity index (χ0v) is 11.1. The summed E-state index contributed by atoms with van der Waals surface area (Å²) in [4.78, 5) is 21.9. The molecule has 0 fully saturated rings. The molecule has 0 unspecified atom stereocenters. The van der Waals surface area contributed by atoms with Gasteiger partial charge < -0.3 is 5.32 Å². The number of alkyl halides is 1. The van der Waals surface area contributed by atoms with E-state index in [0.717, 1.165) is 8.58 Å². The van der Waals surface area contributed by atoms with Crippen LogP contribution in [0.2, 0.25) is 0 Å². The SMILES string of the molecule is O=NN(CCCl)C(=O)Nc1ccccc1I. The van der Waals surface area contributed by atoms with Gasteiger partial charge in [-0.2, -0.15) is 5.01 Å². The summed E-state index contributed by atoms with van der Waals surface area (Å²) in [6.45, 7) is 0.0836. The number of anilines is 1. The zero-order valence-electron chi connectivity index (χ0n) is 8.19. The van der Waals surface area contributed by atoms with Crippen molar-refractivity contribution in [2.45, 2.75) is 0 Å². The van der Waals surface area contributed by atoms with Gasteiger partial charge in [-0.1, -0.05) is 12.1 Å². The average molecular weight is 354 g/mol. The van der Waals surface area contributed by atoms with E-state index in [1.807, 2.05) is 12.1 Å². The van der Waals surface area contributed by atoms with E-state index in [9.17, 15) is 9.70 Å². The Morgan fingerprint density at radius 2 is 2.19 bits per heavy atom. The molecule has 86 valence electrons. The number of urea groups is 1. The van der Waals surface area contributed by atoms with Gasteiger partial charge in [0.15, 0.2) is 0 Å². The Labute approximate surface area is 111 Å². The maximum atomic E-state index is 11.5. The molecule has 0 heterocycles. The highest BCUT2D eigenvalue weighted by molar-refractivity contribution is 14.1. The van der Waals surface area contributed by atoms with Crippen molar-refractivity contribution < 1.29 is 4.79 Å².